The molecule has 0 aromatic carbocycles. The van der Waals surface area contributed by atoms with Crippen molar-refractivity contribution in [3.63, 3.8) is 0 Å². The molecule has 2 aliphatic carbocycles. The van der Waals surface area contributed by atoms with Crippen LogP contribution in [0.25, 0.3) is 0 Å². The minimum atomic E-state index is -0.646. The summed E-state index contributed by atoms with van der Waals surface area (Å²) in [5.41, 5.74) is 1.10. The van der Waals surface area contributed by atoms with Crippen LogP contribution in [-0.2, 0) is 11.8 Å². The van der Waals surface area contributed by atoms with Gasteiger partial charge in [0.15, 0.2) is 0 Å². The summed E-state index contributed by atoms with van der Waals surface area (Å²) >= 11 is 0. The van der Waals surface area contributed by atoms with Crippen molar-refractivity contribution >= 4 is 23.4 Å². The maximum atomic E-state index is 13.2. The fourth-order valence-electron chi connectivity index (χ4n) is 6.04. The van der Waals surface area contributed by atoms with Gasteiger partial charge >= 0.3 is 0 Å². The summed E-state index contributed by atoms with van der Waals surface area (Å²) in [5.74, 6) is -0.446. The number of halogens is 1. The van der Waals surface area contributed by atoms with E-state index in [0.29, 0.717) is 34.6 Å². The summed E-state index contributed by atoms with van der Waals surface area (Å²) in [7, 11) is 1.67. The number of nitrogens with one attached hydrogen (secondary N) is 2. The van der Waals surface area contributed by atoms with Gasteiger partial charge in [0.25, 0.3) is 17.6 Å². The third-order valence-electron chi connectivity index (χ3n) is 7.60. The van der Waals surface area contributed by atoms with E-state index >= 15 is 0 Å². The smallest absolute Gasteiger partial charge is 0.294 e. The Bertz CT molecular complexity index is 1120. The molecule has 2 bridgehead atoms. The summed E-state index contributed by atoms with van der Waals surface area (Å²) in [5, 5.41) is 5.68. The molecule has 2 fully saturated rings. The first-order valence-corrected chi connectivity index (χ1v) is 11.5. The second-order valence-corrected chi connectivity index (χ2v) is 10.1. The van der Waals surface area contributed by atoms with E-state index in [1.165, 1.54) is 18.6 Å². The van der Waals surface area contributed by atoms with Crippen LogP contribution in [0.2, 0.25) is 0 Å². The van der Waals surface area contributed by atoms with Gasteiger partial charge in [-0.1, -0.05) is 6.92 Å². The van der Waals surface area contributed by atoms with E-state index < -0.39 is 23.4 Å². The Morgan fingerprint density at radius 3 is 2.58 bits per heavy atom. The van der Waals surface area contributed by atoms with Crippen LogP contribution in [0, 0.1) is 37.4 Å². The Balaban J connectivity index is 1.55. The number of carbonyl (C=O) groups is 3. The molecular formula is C25H31FN4O3. The number of aromatic nitrogens is 2. The number of hydrogen-bond donors (Lipinski definition) is 2. The first-order valence-electron chi connectivity index (χ1n) is 11.5. The van der Waals surface area contributed by atoms with Crippen LogP contribution < -0.4 is 10.6 Å². The van der Waals surface area contributed by atoms with E-state index in [0.717, 1.165) is 25.5 Å². The minimum absolute atomic E-state index is 0.195. The highest BCUT2D eigenvalue weighted by atomic mass is 19.1. The Labute approximate surface area is 193 Å². The van der Waals surface area contributed by atoms with Gasteiger partial charge in [-0.15, -0.1) is 0 Å². The van der Waals surface area contributed by atoms with Gasteiger partial charge in [0.2, 0.25) is 0 Å². The molecule has 176 valence electrons. The van der Waals surface area contributed by atoms with Gasteiger partial charge in [0.05, 0.1) is 17.5 Å². The first-order chi connectivity index (χ1) is 15.5. The second-order valence-electron chi connectivity index (χ2n) is 10.1. The maximum Gasteiger partial charge on any atom is 0.294 e. The monoisotopic (exact) mass is 454 g/mol. The summed E-state index contributed by atoms with van der Waals surface area (Å²) < 4.78 is 14.7. The number of carbonyl (C=O) groups excluding carboxylic acids is 3. The molecular weight excluding hydrogens is 423 g/mol. The maximum absolute atomic E-state index is 13.2. The number of pyridine rings is 1. The molecule has 8 heteroatoms. The molecule has 4 unspecified atom stereocenters. The molecule has 2 N–H and O–H groups in total. The van der Waals surface area contributed by atoms with Gasteiger partial charge in [0, 0.05) is 18.3 Å². The van der Waals surface area contributed by atoms with Gasteiger partial charge in [-0.25, -0.2) is 9.37 Å². The predicted octanol–water partition coefficient (Wildman–Crippen LogP) is 3.94. The second kappa shape index (κ2) is 8.39. The molecule has 2 heterocycles. The van der Waals surface area contributed by atoms with Crippen LogP contribution in [0.15, 0.2) is 18.3 Å². The fraction of sp³-hybridized carbons (Fsp3) is 0.520. The Kier molecular flexibility index (Phi) is 5.88. The van der Waals surface area contributed by atoms with Crippen molar-refractivity contribution < 1.29 is 18.8 Å². The fourth-order valence-corrected chi connectivity index (χ4v) is 6.04. The molecule has 0 radical (unpaired) electrons. The predicted molar refractivity (Wildman–Crippen MR) is 123 cm³/mol. The van der Waals surface area contributed by atoms with Gasteiger partial charge in [-0.3, -0.25) is 14.4 Å². The van der Waals surface area contributed by atoms with Crippen molar-refractivity contribution in [1.82, 2.24) is 14.9 Å². The highest BCUT2D eigenvalue weighted by Crippen LogP contribution is 2.50. The molecule has 0 aliphatic heterocycles. The lowest BCUT2D eigenvalue weighted by Crippen LogP contribution is -2.51. The third-order valence-corrected chi connectivity index (χ3v) is 7.60. The van der Waals surface area contributed by atoms with Crippen molar-refractivity contribution in [2.24, 2.45) is 24.8 Å². The van der Waals surface area contributed by atoms with Crippen LogP contribution in [0.5, 0.6) is 0 Å². The van der Waals surface area contributed by atoms with E-state index in [4.69, 9.17) is 0 Å². The SMILES string of the molecule is Cc1c(C(=O)Nc2ccc(F)cn2)c(C)n(C)c1C(=O)C(=O)NC1(C)CC2CC(C)CC1C2. The lowest BCUT2D eigenvalue weighted by atomic mass is 9.79. The molecule has 2 aliphatic rings. The van der Waals surface area contributed by atoms with Crippen LogP contribution in [0.4, 0.5) is 10.2 Å². The Hall–Kier alpha value is -3.03. The average molecular weight is 455 g/mol. The summed E-state index contributed by atoms with van der Waals surface area (Å²) in [6.07, 6.45) is 5.24. The molecule has 2 saturated carbocycles. The molecule has 7 nitrogen and oxygen atoms in total. The highest BCUT2D eigenvalue weighted by Gasteiger charge is 2.49. The molecule has 0 spiro atoms. The van der Waals surface area contributed by atoms with Gasteiger partial charge in [-0.2, -0.15) is 0 Å². The number of anilines is 1. The number of nitrogens with zero attached hydrogens (tertiary/aromatic N) is 2. The molecule has 4 rings (SSSR count). The van der Waals surface area contributed by atoms with Gasteiger partial charge < -0.3 is 15.2 Å². The van der Waals surface area contributed by atoms with E-state index in [1.54, 1.807) is 25.5 Å². The van der Waals surface area contributed by atoms with Crippen molar-refractivity contribution in [3.8, 4) is 0 Å². The third kappa shape index (κ3) is 4.18. The standard InChI is InChI=1S/C25H31FN4O3/c1-13-8-16-10-17(9-13)25(4,11-16)29-24(33)22(31)21-14(2)20(15(3)30(21)5)23(32)28-19-7-6-18(26)12-27-19/h6-7,12-13,16-17H,8-11H2,1-5H3,(H,29,33)(H,27,28,32). The largest absolute Gasteiger partial charge is 0.344 e. The first kappa shape index (κ1) is 23.1. The lowest BCUT2D eigenvalue weighted by Gasteiger charge is -2.33. The van der Waals surface area contributed by atoms with E-state index in [-0.39, 0.29) is 17.1 Å². The molecule has 4 atom stereocenters. The van der Waals surface area contributed by atoms with Crippen LogP contribution in [0.1, 0.15) is 71.6 Å². The zero-order chi connectivity index (χ0) is 24.1. The number of amides is 2. The van der Waals surface area contributed by atoms with Crippen LogP contribution in [-0.4, -0.2) is 32.7 Å². The van der Waals surface area contributed by atoms with E-state index in [1.807, 2.05) is 0 Å². The number of Topliss-reactive ketones (excluding diaryl/α,β-unsaturated/α-hetero) is 1. The quantitative estimate of drug-likeness (QED) is 0.529. The van der Waals surface area contributed by atoms with Gasteiger partial charge in [0.1, 0.15) is 11.6 Å². The highest BCUT2D eigenvalue weighted by molar-refractivity contribution is 6.43. The van der Waals surface area contributed by atoms with Crippen LogP contribution >= 0.6 is 0 Å². The van der Waals surface area contributed by atoms with Crippen LogP contribution in [0.3, 0.4) is 0 Å². The molecule has 2 aromatic rings. The van der Waals surface area contributed by atoms with Crippen molar-refractivity contribution in [2.45, 2.75) is 58.9 Å². The zero-order valence-electron chi connectivity index (χ0n) is 19.8. The summed E-state index contributed by atoms with van der Waals surface area (Å²) in [6.45, 7) is 7.69. The topological polar surface area (TPSA) is 93.1 Å². The number of fused-ring (bicyclic) bond motifs is 2. The zero-order valence-corrected chi connectivity index (χ0v) is 19.8. The molecule has 0 saturated heterocycles. The average Bonchev–Trinajstić information content (AvgIpc) is 3.10. The minimum Gasteiger partial charge on any atom is -0.344 e. The Morgan fingerprint density at radius 1 is 1.18 bits per heavy atom. The van der Waals surface area contributed by atoms with Gasteiger partial charge in [-0.05, 0) is 81.9 Å². The van der Waals surface area contributed by atoms with Crippen molar-refractivity contribution in [3.05, 3.63) is 46.7 Å². The lowest BCUT2D eigenvalue weighted by molar-refractivity contribution is -0.119. The number of ketones is 1. The molecule has 2 amide bonds. The van der Waals surface area contributed by atoms with E-state index in [9.17, 15) is 18.8 Å². The Morgan fingerprint density at radius 2 is 1.91 bits per heavy atom. The van der Waals surface area contributed by atoms with Crippen molar-refractivity contribution in [2.75, 3.05) is 5.32 Å². The van der Waals surface area contributed by atoms with Crippen molar-refractivity contribution in [1.29, 1.82) is 0 Å². The van der Waals surface area contributed by atoms with E-state index in [2.05, 4.69) is 29.5 Å². The molecule has 2 aromatic heterocycles. The molecule has 33 heavy (non-hydrogen) atoms. The number of rotatable bonds is 5. The summed E-state index contributed by atoms with van der Waals surface area (Å²) in [4.78, 5) is 43.1. The normalized spacial score (nSPS) is 26.2. The number of hydrogen-bond acceptors (Lipinski definition) is 4. The summed E-state index contributed by atoms with van der Waals surface area (Å²) in [6, 6.07) is 2.56.